The van der Waals surface area contributed by atoms with E-state index in [4.69, 9.17) is 4.74 Å². The van der Waals surface area contributed by atoms with Crippen molar-refractivity contribution in [2.75, 3.05) is 25.5 Å². The fourth-order valence-corrected chi connectivity index (χ4v) is 3.39. The Labute approximate surface area is 154 Å². The molecule has 0 unspecified atom stereocenters. The highest BCUT2D eigenvalue weighted by Crippen LogP contribution is 2.32. The summed E-state index contributed by atoms with van der Waals surface area (Å²) in [5.74, 6) is 0.813. The molecule has 2 aromatic rings. The van der Waals surface area contributed by atoms with E-state index >= 15 is 0 Å². The Balaban J connectivity index is 1.61. The molecule has 3 rings (SSSR count). The Morgan fingerprint density at radius 2 is 1.81 bits per heavy atom. The van der Waals surface area contributed by atoms with Gasteiger partial charge in [0.15, 0.2) is 5.78 Å². The van der Waals surface area contributed by atoms with E-state index in [9.17, 15) is 9.59 Å². The van der Waals surface area contributed by atoms with Crippen molar-refractivity contribution in [3.63, 3.8) is 0 Å². The molecule has 0 aliphatic carbocycles. The second kappa shape index (κ2) is 8.15. The summed E-state index contributed by atoms with van der Waals surface area (Å²) in [5, 5.41) is 2.91. The van der Waals surface area contributed by atoms with Gasteiger partial charge in [0.05, 0.1) is 13.7 Å². The number of nitrogens with one attached hydrogen (secondary N) is 1. The molecule has 0 aromatic heterocycles. The van der Waals surface area contributed by atoms with Crippen LogP contribution in [0.2, 0.25) is 0 Å². The van der Waals surface area contributed by atoms with Gasteiger partial charge in [-0.15, -0.1) is 0 Å². The van der Waals surface area contributed by atoms with Crippen LogP contribution in [-0.2, 0) is 4.79 Å². The van der Waals surface area contributed by atoms with Crippen molar-refractivity contribution in [2.45, 2.75) is 25.8 Å². The molecule has 1 amide bonds. The fourth-order valence-electron chi connectivity index (χ4n) is 3.39. The summed E-state index contributed by atoms with van der Waals surface area (Å²) in [4.78, 5) is 26.0. The third-order valence-electron chi connectivity index (χ3n) is 4.79. The summed E-state index contributed by atoms with van der Waals surface area (Å²) >= 11 is 0. The largest absolute Gasteiger partial charge is 0.497 e. The van der Waals surface area contributed by atoms with Gasteiger partial charge in [0.2, 0.25) is 5.91 Å². The van der Waals surface area contributed by atoms with Crippen LogP contribution in [0.1, 0.15) is 41.7 Å². The number of hydrogen-bond donors (Lipinski definition) is 1. The lowest BCUT2D eigenvalue weighted by Gasteiger charge is -2.24. The number of carbonyl (C=O) groups excluding carboxylic acids is 2. The first-order valence-corrected chi connectivity index (χ1v) is 8.85. The number of ketones is 1. The minimum absolute atomic E-state index is 0.0160. The summed E-state index contributed by atoms with van der Waals surface area (Å²) < 4.78 is 5.21. The zero-order valence-electron chi connectivity index (χ0n) is 15.2. The van der Waals surface area contributed by atoms with Crippen LogP contribution in [0.3, 0.4) is 0 Å². The van der Waals surface area contributed by atoms with Gasteiger partial charge in [-0.25, -0.2) is 0 Å². The van der Waals surface area contributed by atoms with Gasteiger partial charge in [0.25, 0.3) is 0 Å². The second-order valence-electron chi connectivity index (χ2n) is 6.58. The minimum atomic E-state index is -0.0408. The normalized spacial score (nSPS) is 17.1. The van der Waals surface area contributed by atoms with Crippen molar-refractivity contribution in [3.05, 3.63) is 59.7 Å². The van der Waals surface area contributed by atoms with Gasteiger partial charge < -0.3 is 10.1 Å². The molecule has 5 heteroatoms. The first-order valence-electron chi connectivity index (χ1n) is 8.85. The maximum Gasteiger partial charge on any atom is 0.238 e. The van der Waals surface area contributed by atoms with Crippen LogP contribution in [0.25, 0.3) is 0 Å². The number of ether oxygens (including phenoxy) is 1. The molecule has 1 heterocycles. The van der Waals surface area contributed by atoms with Crippen molar-refractivity contribution < 1.29 is 14.3 Å². The predicted molar refractivity (Wildman–Crippen MR) is 102 cm³/mol. The molecule has 0 spiro atoms. The number of rotatable bonds is 6. The van der Waals surface area contributed by atoms with Crippen molar-refractivity contribution in [3.8, 4) is 5.75 Å². The zero-order valence-corrected chi connectivity index (χ0v) is 15.2. The topological polar surface area (TPSA) is 58.6 Å². The Morgan fingerprint density at radius 3 is 2.42 bits per heavy atom. The molecule has 0 radical (unpaired) electrons. The standard InChI is InChI=1S/C21H24N2O3/c1-15(24)16-5-9-18(10-6-16)22-21(25)14-23-13-3-4-20(23)17-7-11-19(26-2)12-8-17/h5-12,20H,3-4,13-14H2,1-2H3,(H,22,25)/t20-/m0/s1. The summed E-state index contributed by atoms with van der Waals surface area (Å²) in [6.45, 7) is 2.79. The monoisotopic (exact) mass is 352 g/mol. The Kier molecular flexibility index (Phi) is 5.68. The summed E-state index contributed by atoms with van der Waals surface area (Å²) in [6, 6.07) is 15.3. The van der Waals surface area contributed by atoms with Crippen LogP contribution >= 0.6 is 0 Å². The molecule has 26 heavy (non-hydrogen) atoms. The van der Waals surface area contributed by atoms with Crippen LogP contribution in [0.4, 0.5) is 5.69 Å². The summed E-state index contributed by atoms with van der Waals surface area (Å²) in [7, 11) is 1.66. The van der Waals surface area contributed by atoms with E-state index in [-0.39, 0.29) is 17.7 Å². The van der Waals surface area contributed by atoms with Gasteiger partial charge in [-0.2, -0.15) is 0 Å². The van der Waals surface area contributed by atoms with Gasteiger partial charge in [-0.3, -0.25) is 14.5 Å². The van der Waals surface area contributed by atoms with E-state index in [1.54, 1.807) is 31.4 Å². The molecule has 5 nitrogen and oxygen atoms in total. The molecule has 0 saturated carbocycles. The lowest BCUT2D eigenvalue weighted by molar-refractivity contribution is -0.117. The van der Waals surface area contributed by atoms with Gasteiger partial charge in [0.1, 0.15) is 5.75 Å². The van der Waals surface area contributed by atoms with Gasteiger partial charge >= 0.3 is 0 Å². The number of nitrogens with zero attached hydrogens (tertiary/aromatic N) is 1. The van der Waals surface area contributed by atoms with Gasteiger partial charge in [-0.05, 0) is 68.3 Å². The maximum atomic E-state index is 12.4. The summed E-state index contributed by atoms with van der Waals surface area (Å²) in [5.41, 5.74) is 2.56. The van der Waals surface area contributed by atoms with E-state index in [1.807, 2.05) is 12.1 Å². The molecule has 1 N–H and O–H groups in total. The van der Waals surface area contributed by atoms with Crippen molar-refractivity contribution in [1.82, 2.24) is 4.90 Å². The Morgan fingerprint density at radius 1 is 1.12 bits per heavy atom. The van der Waals surface area contributed by atoms with Crippen molar-refractivity contribution in [1.29, 1.82) is 0 Å². The number of hydrogen-bond acceptors (Lipinski definition) is 4. The molecular formula is C21H24N2O3. The maximum absolute atomic E-state index is 12.4. The number of methoxy groups -OCH3 is 1. The minimum Gasteiger partial charge on any atom is -0.497 e. The zero-order chi connectivity index (χ0) is 18.5. The van der Waals surface area contributed by atoms with Crippen LogP contribution in [0, 0.1) is 0 Å². The average Bonchev–Trinajstić information content (AvgIpc) is 3.10. The van der Waals surface area contributed by atoms with E-state index in [0.29, 0.717) is 17.8 Å². The molecule has 1 saturated heterocycles. The SMILES string of the molecule is COc1ccc([C@@H]2CCCN2CC(=O)Nc2ccc(C(C)=O)cc2)cc1. The lowest BCUT2D eigenvalue weighted by atomic mass is 10.0. The number of likely N-dealkylation sites (tertiary alicyclic amines) is 1. The van der Waals surface area contributed by atoms with Crippen LogP contribution < -0.4 is 10.1 Å². The van der Waals surface area contributed by atoms with E-state index in [1.165, 1.54) is 12.5 Å². The number of carbonyl (C=O) groups is 2. The lowest BCUT2D eigenvalue weighted by Crippen LogP contribution is -2.32. The van der Waals surface area contributed by atoms with E-state index < -0.39 is 0 Å². The Hall–Kier alpha value is -2.66. The molecule has 0 bridgehead atoms. The highest BCUT2D eigenvalue weighted by Gasteiger charge is 2.27. The van der Waals surface area contributed by atoms with Crippen molar-refractivity contribution in [2.24, 2.45) is 0 Å². The first-order chi connectivity index (χ1) is 12.6. The fraction of sp³-hybridized carbons (Fsp3) is 0.333. The number of Topliss-reactive ketones (excluding diaryl/α,β-unsaturated/α-hetero) is 1. The quantitative estimate of drug-likeness (QED) is 0.806. The predicted octanol–water partition coefficient (Wildman–Crippen LogP) is 3.67. The third kappa shape index (κ3) is 4.29. The highest BCUT2D eigenvalue weighted by atomic mass is 16.5. The second-order valence-corrected chi connectivity index (χ2v) is 6.58. The number of anilines is 1. The molecular weight excluding hydrogens is 328 g/mol. The first kappa shape index (κ1) is 18.1. The van der Waals surface area contributed by atoms with E-state index in [2.05, 4.69) is 22.3 Å². The Bertz CT molecular complexity index is 769. The molecule has 1 fully saturated rings. The average molecular weight is 352 g/mol. The number of benzene rings is 2. The van der Waals surface area contributed by atoms with Crippen LogP contribution in [-0.4, -0.2) is 36.8 Å². The third-order valence-corrected chi connectivity index (χ3v) is 4.79. The van der Waals surface area contributed by atoms with Crippen molar-refractivity contribution >= 4 is 17.4 Å². The summed E-state index contributed by atoms with van der Waals surface area (Å²) in [6.07, 6.45) is 2.13. The molecule has 1 atom stereocenters. The smallest absolute Gasteiger partial charge is 0.238 e. The molecule has 2 aromatic carbocycles. The van der Waals surface area contributed by atoms with Crippen LogP contribution in [0.5, 0.6) is 5.75 Å². The van der Waals surface area contributed by atoms with Crippen LogP contribution in [0.15, 0.2) is 48.5 Å². The molecule has 1 aliphatic rings. The number of amides is 1. The van der Waals surface area contributed by atoms with E-state index in [0.717, 1.165) is 25.1 Å². The molecule has 136 valence electrons. The van der Waals surface area contributed by atoms with Gasteiger partial charge in [-0.1, -0.05) is 12.1 Å². The van der Waals surface area contributed by atoms with Gasteiger partial charge in [0, 0.05) is 17.3 Å². The highest BCUT2D eigenvalue weighted by molar-refractivity contribution is 5.96. The molecule has 1 aliphatic heterocycles.